The predicted octanol–water partition coefficient (Wildman–Crippen LogP) is 4.17. The third kappa shape index (κ3) is 2.74. The van der Waals surface area contributed by atoms with E-state index in [1.54, 1.807) is 6.07 Å². The van der Waals surface area contributed by atoms with E-state index in [0.717, 1.165) is 35.5 Å². The quantitative estimate of drug-likeness (QED) is 0.568. The number of aromatic nitrogens is 4. The van der Waals surface area contributed by atoms with Crippen LogP contribution >= 0.6 is 0 Å². The summed E-state index contributed by atoms with van der Waals surface area (Å²) in [5, 5.41) is 7.59. The third-order valence-electron chi connectivity index (χ3n) is 5.36. The fraction of sp³-hybridized carbons (Fsp3) is 0.333. The highest BCUT2D eigenvalue weighted by Gasteiger charge is 2.19. The van der Waals surface area contributed by atoms with E-state index >= 15 is 0 Å². The lowest BCUT2D eigenvalue weighted by Crippen LogP contribution is -2.13. The van der Waals surface area contributed by atoms with Crippen LogP contribution in [0, 0.1) is 13.8 Å². The van der Waals surface area contributed by atoms with Crippen LogP contribution in [0.2, 0.25) is 0 Å². The number of fused-ring (bicyclic) bond motifs is 4. The molecule has 1 N–H and O–H groups in total. The first kappa shape index (κ1) is 16.9. The SMILES string of the molecule is Cc1cc(C(=O)Nc2ccc3c(c2)nc2n3CCCCC2)c2c(C)noc2n1. The summed E-state index contributed by atoms with van der Waals surface area (Å²) in [5.41, 5.74) is 5.04. The van der Waals surface area contributed by atoms with E-state index in [2.05, 4.69) is 20.0 Å². The van der Waals surface area contributed by atoms with Crippen molar-refractivity contribution in [3.8, 4) is 0 Å². The van der Waals surface area contributed by atoms with Gasteiger partial charge < -0.3 is 14.4 Å². The smallest absolute Gasteiger partial charge is 0.258 e. The molecule has 0 atom stereocenters. The van der Waals surface area contributed by atoms with Gasteiger partial charge in [0.15, 0.2) is 0 Å². The minimum Gasteiger partial charge on any atom is -0.336 e. The van der Waals surface area contributed by atoms with Crippen molar-refractivity contribution in [2.75, 3.05) is 5.32 Å². The molecular formula is C21H21N5O2. The Balaban J connectivity index is 1.50. The maximum atomic E-state index is 13.0. The number of carbonyl (C=O) groups excluding carboxylic acids is 1. The fourth-order valence-electron chi connectivity index (χ4n) is 4.02. The van der Waals surface area contributed by atoms with Crippen LogP contribution in [0.5, 0.6) is 0 Å². The van der Waals surface area contributed by atoms with Gasteiger partial charge in [0.25, 0.3) is 11.6 Å². The summed E-state index contributed by atoms with van der Waals surface area (Å²) >= 11 is 0. The number of carbonyl (C=O) groups is 1. The number of pyridine rings is 1. The fourth-order valence-corrected chi connectivity index (χ4v) is 4.02. The summed E-state index contributed by atoms with van der Waals surface area (Å²) in [5.74, 6) is 0.935. The number of rotatable bonds is 2. The van der Waals surface area contributed by atoms with Crippen LogP contribution in [0.4, 0.5) is 5.69 Å². The molecule has 1 aliphatic heterocycles. The zero-order valence-electron chi connectivity index (χ0n) is 16.0. The summed E-state index contributed by atoms with van der Waals surface area (Å²) in [6.07, 6.45) is 4.63. The average molecular weight is 375 g/mol. The Kier molecular flexibility index (Phi) is 3.89. The number of aryl methyl sites for hydroxylation is 4. The highest BCUT2D eigenvalue weighted by atomic mass is 16.5. The second-order valence-electron chi connectivity index (χ2n) is 7.41. The molecule has 0 bridgehead atoms. The van der Waals surface area contributed by atoms with Crippen molar-refractivity contribution in [1.82, 2.24) is 19.7 Å². The first-order valence-corrected chi connectivity index (χ1v) is 9.64. The van der Waals surface area contributed by atoms with E-state index in [1.807, 2.05) is 32.0 Å². The van der Waals surface area contributed by atoms with Crippen LogP contribution in [-0.4, -0.2) is 25.6 Å². The minimum absolute atomic E-state index is 0.207. The number of nitrogens with one attached hydrogen (secondary N) is 1. The van der Waals surface area contributed by atoms with Crippen molar-refractivity contribution < 1.29 is 9.32 Å². The van der Waals surface area contributed by atoms with Gasteiger partial charge in [0.1, 0.15) is 5.82 Å². The summed E-state index contributed by atoms with van der Waals surface area (Å²) < 4.78 is 7.54. The van der Waals surface area contributed by atoms with Crippen molar-refractivity contribution >= 4 is 33.7 Å². The van der Waals surface area contributed by atoms with Crippen LogP contribution in [-0.2, 0) is 13.0 Å². The molecule has 1 amide bonds. The summed E-state index contributed by atoms with van der Waals surface area (Å²) in [7, 11) is 0. The van der Waals surface area contributed by atoms with Crippen molar-refractivity contribution in [2.45, 2.75) is 46.1 Å². The van der Waals surface area contributed by atoms with E-state index in [-0.39, 0.29) is 5.91 Å². The van der Waals surface area contributed by atoms with E-state index in [0.29, 0.717) is 28.1 Å². The van der Waals surface area contributed by atoms with Gasteiger partial charge in [-0.05, 0) is 51.0 Å². The number of hydrogen-bond donors (Lipinski definition) is 1. The number of hydrogen-bond acceptors (Lipinski definition) is 5. The highest BCUT2D eigenvalue weighted by Crippen LogP contribution is 2.26. The normalized spacial score (nSPS) is 14.2. The van der Waals surface area contributed by atoms with E-state index < -0.39 is 0 Å². The lowest BCUT2D eigenvalue weighted by atomic mass is 10.1. The molecule has 7 heteroatoms. The zero-order chi connectivity index (χ0) is 19.3. The molecule has 1 aliphatic rings. The van der Waals surface area contributed by atoms with Gasteiger partial charge in [-0.25, -0.2) is 9.97 Å². The molecule has 142 valence electrons. The van der Waals surface area contributed by atoms with Crippen LogP contribution < -0.4 is 5.32 Å². The van der Waals surface area contributed by atoms with Gasteiger partial charge in [-0.1, -0.05) is 11.6 Å². The molecule has 0 saturated carbocycles. The Labute approximate surface area is 161 Å². The monoisotopic (exact) mass is 375 g/mol. The van der Waals surface area contributed by atoms with E-state index in [4.69, 9.17) is 9.51 Å². The second kappa shape index (κ2) is 6.44. The van der Waals surface area contributed by atoms with Gasteiger partial charge in [-0.15, -0.1) is 0 Å². The summed E-state index contributed by atoms with van der Waals surface area (Å²) in [6, 6.07) is 7.69. The minimum atomic E-state index is -0.207. The summed E-state index contributed by atoms with van der Waals surface area (Å²) in [6.45, 7) is 4.65. The molecule has 5 rings (SSSR count). The molecule has 0 spiro atoms. The lowest BCUT2D eigenvalue weighted by molar-refractivity contribution is 0.102. The third-order valence-corrected chi connectivity index (χ3v) is 5.36. The number of amides is 1. The van der Waals surface area contributed by atoms with Gasteiger partial charge in [0.05, 0.1) is 27.7 Å². The van der Waals surface area contributed by atoms with Crippen LogP contribution in [0.15, 0.2) is 28.8 Å². The van der Waals surface area contributed by atoms with Crippen LogP contribution in [0.3, 0.4) is 0 Å². The molecule has 0 saturated heterocycles. The van der Waals surface area contributed by atoms with Gasteiger partial charge in [0, 0.05) is 24.3 Å². The lowest BCUT2D eigenvalue weighted by Gasteiger charge is -2.08. The molecule has 0 radical (unpaired) electrons. The van der Waals surface area contributed by atoms with Gasteiger partial charge in [-0.3, -0.25) is 4.79 Å². The maximum absolute atomic E-state index is 13.0. The topological polar surface area (TPSA) is 85.8 Å². The van der Waals surface area contributed by atoms with Gasteiger partial charge in [0.2, 0.25) is 0 Å². The molecular weight excluding hydrogens is 354 g/mol. The Morgan fingerprint density at radius 2 is 2.04 bits per heavy atom. The van der Waals surface area contributed by atoms with Gasteiger partial charge in [-0.2, -0.15) is 0 Å². The summed E-state index contributed by atoms with van der Waals surface area (Å²) in [4.78, 5) is 22.1. The first-order valence-electron chi connectivity index (χ1n) is 9.64. The molecule has 0 aliphatic carbocycles. The van der Waals surface area contributed by atoms with Crippen molar-refractivity contribution in [3.63, 3.8) is 0 Å². The Morgan fingerprint density at radius 1 is 1.14 bits per heavy atom. The number of anilines is 1. The largest absolute Gasteiger partial charge is 0.336 e. The zero-order valence-corrected chi connectivity index (χ0v) is 16.0. The van der Waals surface area contributed by atoms with Crippen LogP contribution in [0.1, 0.15) is 46.8 Å². The predicted molar refractivity (Wildman–Crippen MR) is 107 cm³/mol. The number of nitrogens with zero attached hydrogens (tertiary/aromatic N) is 4. The molecule has 28 heavy (non-hydrogen) atoms. The molecule has 3 aromatic heterocycles. The Morgan fingerprint density at radius 3 is 2.93 bits per heavy atom. The molecule has 7 nitrogen and oxygen atoms in total. The standard InChI is InChI=1S/C21H21N5O2/c1-12-10-15(19-13(2)25-28-21(19)22-12)20(27)23-14-7-8-17-16(11-14)24-18-6-4-3-5-9-26(17)18/h7-8,10-11H,3-6,9H2,1-2H3,(H,23,27). The van der Waals surface area contributed by atoms with Crippen molar-refractivity contribution in [1.29, 1.82) is 0 Å². The molecule has 4 aromatic rings. The maximum Gasteiger partial charge on any atom is 0.258 e. The number of imidazole rings is 1. The number of benzene rings is 1. The van der Waals surface area contributed by atoms with Crippen molar-refractivity contribution in [3.05, 3.63) is 47.0 Å². The van der Waals surface area contributed by atoms with E-state index in [1.165, 1.54) is 19.3 Å². The first-order chi connectivity index (χ1) is 13.6. The molecule has 0 fully saturated rings. The molecule has 0 unspecified atom stereocenters. The van der Waals surface area contributed by atoms with Crippen molar-refractivity contribution in [2.24, 2.45) is 0 Å². The molecule has 1 aromatic carbocycles. The Bertz CT molecular complexity index is 1220. The van der Waals surface area contributed by atoms with Gasteiger partial charge >= 0.3 is 0 Å². The Hall–Kier alpha value is -3.22. The van der Waals surface area contributed by atoms with Crippen LogP contribution in [0.25, 0.3) is 22.1 Å². The van der Waals surface area contributed by atoms with E-state index in [9.17, 15) is 4.79 Å². The molecule has 4 heterocycles. The average Bonchev–Trinajstić information content (AvgIpc) is 3.11. The highest BCUT2D eigenvalue weighted by molar-refractivity contribution is 6.12. The second-order valence-corrected chi connectivity index (χ2v) is 7.41.